The summed E-state index contributed by atoms with van der Waals surface area (Å²) in [6.07, 6.45) is 21.0. The van der Waals surface area contributed by atoms with E-state index in [1.165, 1.54) is 77.0 Å². The van der Waals surface area contributed by atoms with E-state index in [4.69, 9.17) is 5.11 Å². The van der Waals surface area contributed by atoms with Crippen LogP contribution in [-0.2, 0) is 4.79 Å². The largest absolute Gasteiger partial charge is 0.481 e. The van der Waals surface area contributed by atoms with E-state index >= 15 is 0 Å². The molecule has 0 spiro atoms. The second-order valence-electron chi connectivity index (χ2n) is 6.57. The van der Waals surface area contributed by atoms with Crippen LogP contribution in [0.15, 0.2) is 12.7 Å². The van der Waals surface area contributed by atoms with Gasteiger partial charge in [-0.15, -0.1) is 6.58 Å². The Morgan fingerprint density at radius 3 is 1.50 bits per heavy atom. The molecule has 0 saturated heterocycles. The molecule has 0 aliphatic carbocycles. The number of hydrogen-bond donors (Lipinski definition) is 1. The number of aliphatic carboxylic acids is 1. The lowest BCUT2D eigenvalue weighted by atomic mass is 10.00. The van der Waals surface area contributed by atoms with E-state index in [1.54, 1.807) is 6.08 Å². The fourth-order valence-electron chi connectivity index (χ4n) is 2.90. The van der Waals surface area contributed by atoms with Crippen LogP contribution in [0.25, 0.3) is 0 Å². The highest BCUT2D eigenvalue weighted by molar-refractivity contribution is 5.71. The van der Waals surface area contributed by atoms with Crippen LogP contribution >= 0.6 is 0 Å². The Morgan fingerprint density at radius 1 is 0.818 bits per heavy atom. The maximum Gasteiger partial charge on any atom is 0.310 e. The lowest BCUT2D eigenvalue weighted by Gasteiger charge is -2.06. The first-order valence-corrected chi connectivity index (χ1v) is 9.57. The van der Waals surface area contributed by atoms with Crippen molar-refractivity contribution >= 4 is 5.97 Å². The van der Waals surface area contributed by atoms with Crippen LogP contribution in [0.5, 0.6) is 0 Å². The average molecular weight is 311 g/mol. The van der Waals surface area contributed by atoms with Gasteiger partial charge in [0.25, 0.3) is 0 Å². The molecule has 0 aromatic heterocycles. The number of carbonyl (C=O) groups is 1. The smallest absolute Gasteiger partial charge is 0.310 e. The Labute approximate surface area is 138 Å². The van der Waals surface area contributed by atoms with Gasteiger partial charge in [-0.3, -0.25) is 4.79 Å². The summed E-state index contributed by atoms with van der Waals surface area (Å²) < 4.78 is 0. The van der Waals surface area contributed by atoms with Crippen molar-refractivity contribution in [2.24, 2.45) is 5.92 Å². The van der Waals surface area contributed by atoms with Gasteiger partial charge in [0, 0.05) is 0 Å². The Hall–Kier alpha value is -0.790. The van der Waals surface area contributed by atoms with Gasteiger partial charge in [0.15, 0.2) is 0 Å². The number of rotatable bonds is 17. The van der Waals surface area contributed by atoms with E-state index in [0.717, 1.165) is 19.3 Å². The van der Waals surface area contributed by atoms with Crippen molar-refractivity contribution in [3.63, 3.8) is 0 Å². The maximum atomic E-state index is 10.8. The first-order chi connectivity index (χ1) is 10.7. The second kappa shape index (κ2) is 16.6. The number of carboxylic acids is 1. The molecular weight excluding hydrogens is 272 g/mol. The molecule has 1 unspecified atom stereocenters. The molecule has 22 heavy (non-hydrogen) atoms. The molecule has 0 radical (unpaired) electrons. The molecular formula is C20H38O2. The molecule has 0 rings (SSSR count). The average Bonchev–Trinajstić information content (AvgIpc) is 2.51. The van der Waals surface area contributed by atoms with Gasteiger partial charge in [-0.1, -0.05) is 103 Å². The summed E-state index contributed by atoms with van der Waals surface area (Å²) in [5.74, 6) is -1.08. The number of carboxylic acid groups (broad SMARTS) is 1. The quantitative estimate of drug-likeness (QED) is 0.238. The van der Waals surface area contributed by atoms with E-state index in [-0.39, 0.29) is 5.92 Å². The van der Waals surface area contributed by atoms with Crippen molar-refractivity contribution in [1.82, 2.24) is 0 Å². The summed E-state index contributed by atoms with van der Waals surface area (Å²) >= 11 is 0. The van der Waals surface area contributed by atoms with Gasteiger partial charge in [0.05, 0.1) is 5.92 Å². The van der Waals surface area contributed by atoms with Crippen LogP contribution in [0.1, 0.15) is 103 Å². The fraction of sp³-hybridized carbons (Fsp3) is 0.850. The lowest BCUT2D eigenvalue weighted by molar-refractivity contribution is -0.140. The van der Waals surface area contributed by atoms with E-state index in [2.05, 4.69) is 13.5 Å². The first-order valence-electron chi connectivity index (χ1n) is 9.57. The second-order valence-corrected chi connectivity index (χ2v) is 6.57. The highest BCUT2D eigenvalue weighted by Gasteiger charge is 2.11. The highest BCUT2D eigenvalue weighted by atomic mass is 16.4. The molecule has 2 nitrogen and oxygen atoms in total. The third-order valence-electron chi connectivity index (χ3n) is 4.47. The Balaban J connectivity index is 3.14. The molecule has 0 aliphatic rings. The van der Waals surface area contributed by atoms with Crippen LogP contribution in [0.2, 0.25) is 0 Å². The number of hydrogen-bond acceptors (Lipinski definition) is 1. The Kier molecular flexibility index (Phi) is 16.0. The molecule has 0 aliphatic heterocycles. The molecule has 1 N–H and O–H groups in total. The standard InChI is InChI=1S/C20H38O2/c1-3-5-6-7-8-9-10-11-12-13-14-15-16-17-18-19(4-2)20(21)22/h4,19H,2-3,5-18H2,1H3,(H,21,22). The zero-order valence-electron chi connectivity index (χ0n) is 14.8. The molecule has 1 atom stereocenters. The van der Waals surface area contributed by atoms with Gasteiger partial charge < -0.3 is 5.11 Å². The normalized spacial score (nSPS) is 12.2. The molecule has 0 aromatic rings. The van der Waals surface area contributed by atoms with Crippen LogP contribution in [0, 0.1) is 5.92 Å². The molecule has 0 fully saturated rings. The van der Waals surface area contributed by atoms with Gasteiger partial charge in [-0.05, 0) is 6.42 Å². The predicted molar refractivity (Wildman–Crippen MR) is 96.3 cm³/mol. The zero-order valence-corrected chi connectivity index (χ0v) is 14.8. The first kappa shape index (κ1) is 21.2. The maximum absolute atomic E-state index is 10.8. The predicted octanol–water partition coefficient (Wildman–Crippen LogP) is 6.74. The highest BCUT2D eigenvalue weighted by Crippen LogP contribution is 2.15. The van der Waals surface area contributed by atoms with Crippen LogP contribution in [0.4, 0.5) is 0 Å². The van der Waals surface area contributed by atoms with Crippen molar-refractivity contribution in [3.8, 4) is 0 Å². The monoisotopic (exact) mass is 310 g/mol. The van der Waals surface area contributed by atoms with E-state index in [1.807, 2.05) is 0 Å². The van der Waals surface area contributed by atoms with Crippen molar-refractivity contribution in [2.45, 2.75) is 103 Å². The van der Waals surface area contributed by atoms with Crippen LogP contribution in [0.3, 0.4) is 0 Å². The van der Waals surface area contributed by atoms with Gasteiger partial charge in [0.1, 0.15) is 0 Å². The van der Waals surface area contributed by atoms with Gasteiger partial charge in [0.2, 0.25) is 0 Å². The van der Waals surface area contributed by atoms with Crippen LogP contribution in [-0.4, -0.2) is 11.1 Å². The van der Waals surface area contributed by atoms with Crippen molar-refractivity contribution in [1.29, 1.82) is 0 Å². The van der Waals surface area contributed by atoms with Crippen molar-refractivity contribution < 1.29 is 9.90 Å². The fourth-order valence-corrected chi connectivity index (χ4v) is 2.90. The summed E-state index contributed by atoms with van der Waals surface area (Å²) in [4.78, 5) is 10.8. The van der Waals surface area contributed by atoms with Gasteiger partial charge in [-0.2, -0.15) is 0 Å². The van der Waals surface area contributed by atoms with Gasteiger partial charge in [-0.25, -0.2) is 0 Å². The number of unbranched alkanes of at least 4 members (excludes halogenated alkanes) is 13. The Morgan fingerprint density at radius 2 is 1.18 bits per heavy atom. The SMILES string of the molecule is C=CC(CCCCCCCCCCCCCCCC)C(=O)O. The van der Waals surface area contributed by atoms with E-state index in [9.17, 15) is 4.79 Å². The van der Waals surface area contributed by atoms with E-state index in [0.29, 0.717) is 0 Å². The minimum atomic E-state index is -0.732. The molecule has 0 aromatic carbocycles. The van der Waals surface area contributed by atoms with Crippen molar-refractivity contribution in [2.75, 3.05) is 0 Å². The molecule has 0 amide bonds. The van der Waals surface area contributed by atoms with Crippen molar-refractivity contribution in [3.05, 3.63) is 12.7 Å². The molecule has 0 bridgehead atoms. The third kappa shape index (κ3) is 14.2. The topological polar surface area (TPSA) is 37.3 Å². The van der Waals surface area contributed by atoms with Crippen LogP contribution < -0.4 is 0 Å². The Bertz CT molecular complexity index is 260. The molecule has 0 saturated carbocycles. The summed E-state index contributed by atoms with van der Waals surface area (Å²) in [5, 5.41) is 8.91. The summed E-state index contributed by atoms with van der Waals surface area (Å²) in [6, 6.07) is 0. The lowest BCUT2D eigenvalue weighted by Crippen LogP contribution is -2.10. The van der Waals surface area contributed by atoms with Gasteiger partial charge >= 0.3 is 5.97 Å². The minimum absolute atomic E-state index is 0.350. The third-order valence-corrected chi connectivity index (χ3v) is 4.47. The summed E-state index contributed by atoms with van der Waals surface area (Å²) in [6.45, 7) is 5.85. The molecule has 2 heteroatoms. The molecule has 0 heterocycles. The van der Waals surface area contributed by atoms with E-state index < -0.39 is 5.97 Å². The zero-order chi connectivity index (χ0) is 16.5. The minimum Gasteiger partial charge on any atom is -0.481 e. The molecule has 130 valence electrons. The summed E-state index contributed by atoms with van der Waals surface area (Å²) in [5.41, 5.74) is 0. The summed E-state index contributed by atoms with van der Waals surface area (Å²) in [7, 11) is 0.